The van der Waals surface area contributed by atoms with E-state index in [9.17, 15) is 4.79 Å². The first-order valence-electron chi connectivity index (χ1n) is 4.91. The van der Waals surface area contributed by atoms with Gasteiger partial charge in [-0.05, 0) is 6.92 Å². The maximum absolute atomic E-state index is 11.0. The van der Waals surface area contributed by atoms with E-state index >= 15 is 0 Å². The Kier molecular flexibility index (Phi) is 12.1. The highest BCUT2D eigenvalue weighted by atomic mass is 35.5. The molecule has 0 aromatic heterocycles. The fourth-order valence-corrected chi connectivity index (χ4v) is 1.42. The van der Waals surface area contributed by atoms with Crippen LogP contribution in [0, 0.1) is 0 Å². The molecule has 0 atom stereocenters. The number of halogens is 2. The third kappa shape index (κ3) is 7.85. The number of nitrogens with zero attached hydrogens (tertiary/aromatic N) is 1. The zero-order chi connectivity index (χ0) is 9.52. The van der Waals surface area contributed by atoms with E-state index in [1.807, 2.05) is 6.92 Å². The van der Waals surface area contributed by atoms with Gasteiger partial charge >= 0.3 is 5.97 Å². The third-order valence-corrected chi connectivity index (χ3v) is 2.15. The van der Waals surface area contributed by atoms with Gasteiger partial charge in [-0.15, -0.1) is 24.8 Å². The minimum atomic E-state index is -0.0824. The van der Waals surface area contributed by atoms with Crippen LogP contribution in [0.5, 0.6) is 0 Å². The van der Waals surface area contributed by atoms with E-state index in [0.717, 1.165) is 32.7 Å². The van der Waals surface area contributed by atoms with Crippen LogP contribution in [0.1, 0.15) is 13.3 Å². The van der Waals surface area contributed by atoms with Crippen molar-refractivity contribution in [2.45, 2.75) is 13.3 Å². The Hall–Kier alpha value is -0.0300. The molecule has 1 fully saturated rings. The lowest BCUT2D eigenvalue weighted by molar-refractivity contribution is -0.143. The van der Waals surface area contributed by atoms with E-state index in [0.29, 0.717) is 13.0 Å². The number of nitrogens with one attached hydrogen (secondary N) is 1. The summed E-state index contributed by atoms with van der Waals surface area (Å²) in [5, 5.41) is 3.27. The maximum atomic E-state index is 11.0. The predicted molar refractivity (Wildman–Crippen MR) is 65.1 cm³/mol. The third-order valence-electron chi connectivity index (χ3n) is 2.15. The first-order chi connectivity index (χ1) is 6.33. The van der Waals surface area contributed by atoms with Gasteiger partial charge < -0.3 is 15.0 Å². The van der Waals surface area contributed by atoms with Gasteiger partial charge in [0.15, 0.2) is 0 Å². The van der Waals surface area contributed by atoms with Crippen molar-refractivity contribution < 1.29 is 9.53 Å². The zero-order valence-electron chi connectivity index (χ0n) is 9.03. The molecule has 1 N–H and O–H groups in total. The highest BCUT2D eigenvalue weighted by molar-refractivity contribution is 5.85. The number of hydrogen-bond acceptors (Lipinski definition) is 4. The van der Waals surface area contributed by atoms with Gasteiger partial charge in [0, 0.05) is 32.7 Å². The van der Waals surface area contributed by atoms with Crippen molar-refractivity contribution in [1.82, 2.24) is 10.2 Å². The summed E-state index contributed by atoms with van der Waals surface area (Å²) in [6.07, 6.45) is 0.522. The van der Waals surface area contributed by atoms with Crippen molar-refractivity contribution in [1.29, 1.82) is 0 Å². The SMILES string of the molecule is CCOC(=O)CCN1CCNCC1.Cl.Cl. The van der Waals surface area contributed by atoms with Crippen LogP contribution < -0.4 is 5.32 Å². The van der Waals surface area contributed by atoms with Gasteiger partial charge in [0.25, 0.3) is 0 Å². The van der Waals surface area contributed by atoms with Gasteiger partial charge in [-0.1, -0.05) is 0 Å². The van der Waals surface area contributed by atoms with Gasteiger partial charge in [-0.3, -0.25) is 4.79 Å². The number of ether oxygens (including phenoxy) is 1. The highest BCUT2D eigenvalue weighted by Gasteiger charge is 2.11. The predicted octanol–water partition coefficient (Wildman–Crippen LogP) is 0.688. The number of piperazine rings is 1. The Bertz CT molecular complexity index is 164. The molecule has 0 unspecified atom stereocenters. The first kappa shape index (κ1) is 17.4. The summed E-state index contributed by atoms with van der Waals surface area (Å²) in [6, 6.07) is 0. The zero-order valence-corrected chi connectivity index (χ0v) is 10.7. The second kappa shape index (κ2) is 10.5. The standard InChI is InChI=1S/C9H18N2O2.2ClH/c1-2-13-9(12)3-6-11-7-4-10-5-8-11;;/h10H,2-8H2,1H3;2*1H. The van der Waals surface area contributed by atoms with Crippen LogP contribution in [0.2, 0.25) is 0 Å². The Morgan fingerprint density at radius 1 is 1.33 bits per heavy atom. The Balaban J connectivity index is 0. The molecule has 4 nitrogen and oxygen atoms in total. The van der Waals surface area contributed by atoms with Crippen molar-refractivity contribution >= 4 is 30.8 Å². The summed E-state index contributed by atoms with van der Waals surface area (Å²) in [5.41, 5.74) is 0. The molecule has 1 saturated heterocycles. The van der Waals surface area contributed by atoms with Gasteiger partial charge in [-0.2, -0.15) is 0 Å². The van der Waals surface area contributed by atoms with Crippen molar-refractivity contribution in [2.24, 2.45) is 0 Å². The number of esters is 1. The molecule has 0 amide bonds. The molecular formula is C9H20Cl2N2O2. The summed E-state index contributed by atoms with van der Waals surface area (Å²) in [7, 11) is 0. The number of rotatable bonds is 4. The van der Waals surface area contributed by atoms with Gasteiger partial charge in [0.1, 0.15) is 0 Å². The van der Waals surface area contributed by atoms with Crippen LogP contribution in [0.3, 0.4) is 0 Å². The van der Waals surface area contributed by atoms with Gasteiger partial charge in [0.2, 0.25) is 0 Å². The summed E-state index contributed by atoms with van der Waals surface area (Å²) in [4.78, 5) is 13.3. The number of carbonyl (C=O) groups is 1. The number of carbonyl (C=O) groups excluding carboxylic acids is 1. The normalized spacial score (nSPS) is 16.1. The van der Waals surface area contributed by atoms with Crippen LogP contribution in [0.15, 0.2) is 0 Å². The molecule has 6 heteroatoms. The van der Waals surface area contributed by atoms with E-state index in [1.165, 1.54) is 0 Å². The Morgan fingerprint density at radius 2 is 1.93 bits per heavy atom. The fourth-order valence-electron chi connectivity index (χ4n) is 1.42. The molecule has 0 bridgehead atoms. The number of hydrogen-bond donors (Lipinski definition) is 1. The average molecular weight is 259 g/mol. The molecule has 92 valence electrons. The largest absolute Gasteiger partial charge is 0.466 e. The monoisotopic (exact) mass is 258 g/mol. The van der Waals surface area contributed by atoms with Crippen LogP contribution in [-0.4, -0.2) is 50.2 Å². The second-order valence-corrected chi connectivity index (χ2v) is 3.15. The van der Waals surface area contributed by atoms with E-state index in [-0.39, 0.29) is 30.8 Å². The smallest absolute Gasteiger partial charge is 0.307 e. The molecule has 1 rings (SSSR count). The van der Waals surface area contributed by atoms with E-state index in [1.54, 1.807) is 0 Å². The molecule has 0 spiro atoms. The van der Waals surface area contributed by atoms with Gasteiger partial charge in [-0.25, -0.2) is 0 Å². The topological polar surface area (TPSA) is 41.6 Å². The van der Waals surface area contributed by atoms with Crippen LogP contribution >= 0.6 is 24.8 Å². The van der Waals surface area contributed by atoms with Crippen LogP contribution in [0.4, 0.5) is 0 Å². The molecule has 1 aliphatic heterocycles. The van der Waals surface area contributed by atoms with Crippen LogP contribution in [0.25, 0.3) is 0 Å². The molecule has 0 aromatic rings. The van der Waals surface area contributed by atoms with E-state index < -0.39 is 0 Å². The molecule has 0 saturated carbocycles. The molecule has 1 heterocycles. The van der Waals surface area contributed by atoms with E-state index in [4.69, 9.17) is 4.74 Å². The lowest BCUT2D eigenvalue weighted by Crippen LogP contribution is -2.44. The average Bonchev–Trinajstić information content (AvgIpc) is 2.17. The molecule has 0 aromatic carbocycles. The van der Waals surface area contributed by atoms with Crippen molar-refractivity contribution in [3.8, 4) is 0 Å². The minimum absolute atomic E-state index is 0. The second-order valence-electron chi connectivity index (χ2n) is 3.15. The molecule has 0 radical (unpaired) electrons. The summed E-state index contributed by atoms with van der Waals surface area (Å²) >= 11 is 0. The summed E-state index contributed by atoms with van der Waals surface area (Å²) < 4.78 is 4.85. The quantitative estimate of drug-likeness (QED) is 0.754. The lowest BCUT2D eigenvalue weighted by atomic mass is 10.3. The van der Waals surface area contributed by atoms with Gasteiger partial charge in [0.05, 0.1) is 13.0 Å². The highest BCUT2D eigenvalue weighted by Crippen LogP contribution is 1.95. The minimum Gasteiger partial charge on any atom is -0.466 e. The maximum Gasteiger partial charge on any atom is 0.307 e. The molecule has 15 heavy (non-hydrogen) atoms. The van der Waals surface area contributed by atoms with Crippen molar-refractivity contribution in [2.75, 3.05) is 39.3 Å². The van der Waals surface area contributed by atoms with Crippen LogP contribution in [-0.2, 0) is 9.53 Å². The summed E-state index contributed by atoms with van der Waals surface area (Å²) in [5.74, 6) is -0.0824. The van der Waals surface area contributed by atoms with E-state index in [2.05, 4.69) is 10.2 Å². The molecule has 0 aliphatic carbocycles. The fraction of sp³-hybridized carbons (Fsp3) is 0.889. The Morgan fingerprint density at radius 3 is 2.47 bits per heavy atom. The Labute approximate surface area is 104 Å². The summed E-state index contributed by atoms with van der Waals surface area (Å²) in [6.45, 7) is 7.30. The van der Waals surface area contributed by atoms with Crippen molar-refractivity contribution in [3.63, 3.8) is 0 Å². The first-order valence-corrected chi connectivity index (χ1v) is 4.91. The molecule has 1 aliphatic rings. The van der Waals surface area contributed by atoms with Crippen molar-refractivity contribution in [3.05, 3.63) is 0 Å². The lowest BCUT2D eigenvalue weighted by Gasteiger charge is -2.26. The molecular weight excluding hydrogens is 239 g/mol.